The Bertz CT molecular complexity index is 530. The third-order valence-corrected chi connectivity index (χ3v) is 2.53. The zero-order valence-electron chi connectivity index (χ0n) is 8.52. The normalized spacial score (nSPS) is 11.1. The van der Waals surface area contributed by atoms with Gasteiger partial charge in [0, 0.05) is 10.6 Å². The average Bonchev–Trinajstić information content (AvgIpc) is 2.78. The van der Waals surface area contributed by atoms with E-state index in [1.54, 1.807) is 6.07 Å². The number of aliphatic hydroxyl groups excluding tert-OH is 1. The summed E-state index contributed by atoms with van der Waals surface area (Å²) in [6.07, 6.45) is -1.19. The van der Waals surface area contributed by atoms with Crippen LogP contribution in [0.1, 0.15) is 17.7 Å². The highest BCUT2D eigenvalue weighted by Gasteiger charge is 2.13. The van der Waals surface area contributed by atoms with Gasteiger partial charge in [0.15, 0.2) is 0 Å². The van der Waals surface area contributed by atoms with Crippen molar-refractivity contribution in [1.82, 2.24) is 15.0 Å². The third-order valence-electron chi connectivity index (χ3n) is 2.18. The minimum atomic E-state index is -2.65. The molecule has 2 rings (SSSR count). The fourth-order valence-electron chi connectivity index (χ4n) is 1.34. The zero-order valence-corrected chi connectivity index (χ0v) is 9.27. The largest absolute Gasteiger partial charge is 0.390 e. The summed E-state index contributed by atoms with van der Waals surface area (Å²) in [5.74, 6) is 0. The SMILES string of the molecule is OCc1cn(-c2ccc(Cl)c(C(F)F)c2)nn1. The quantitative estimate of drug-likeness (QED) is 0.921. The van der Waals surface area contributed by atoms with Gasteiger partial charge in [0.05, 0.1) is 18.5 Å². The molecule has 0 fully saturated rings. The molecule has 17 heavy (non-hydrogen) atoms. The number of aromatic nitrogens is 3. The van der Waals surface area contributed by atoms with Gasteiger partial charge in [-0.15, -0.1) is 5.10 Å². The van der Waals surface area contributed by atoms with Crippen molar-refractivity contribution in [3.63, 3.8) is 0 Å². The summed E-state index contributed by atoms with van der Waals surface area (Å²) >= 11 is 5.65. The van der Waals surface area contributed by atoms with Gasteiger partial charge in [-0.05, 0) is 18.2 Å². The van der Waals surface area contributed by atoms with Crippen molar-refractivity contribution < 1.29 is 13.9 Å². The van der Waals surface area contributed by atoms with Crippen LogP contribution < -0.4 is 0 Å². The van der Waals surface area contributed by atoms with E-state index in [1.165, 1.54) is 23.0 Å². The molecule has 7 heteroatoms. The molecule has 0 aliphatic heterocycles. The second-order valence-electron chi connectivity index (χ2n) is 3.32. The third kappa shape index (κ3) is 2.42. The molecule has 1 N–H and O–H groups in total. The molecule has 1 aromatic carbocycles. The maximum Gasteiger partial charge on any atom is 0.265 e. The van der Waals surface area contributed by atoms with Crippen LogP contribution in [0.25, 0.3) is 5.69 Å². The molecule has 0 saturated carbocycles. The van der Waals surface area contributed by atoms with Crippen molar-refractivity contribution >= 4 is 11.6 Å². The maximum absolute atomic E-state index is 12.6. The van der Waals surface area contributed by atoms with Crippen LogP contribution in [0.15, 0.2) is 24.4 Å². The molecular formula is C10H8ClF2N3O. The smallest absolute Gasteiger partial charge is 0.265 e. The van der Waals surface area contributed by atoms with E-state index in [0.29, 0.717) is 11.4 Å². The standard InChI is InChI=1S/C10H8ClF2N3O/c11-9-2-1-7(3-8(9)10(12)13)16-4-6(5-17)14-15-16/h1-4,10,17H,5H2. The van der Waals surface area contributed by atoms with Crippen molar-refractivity contribution in [3.05, 3.63) is 40.7 Å². The van der Waals surface area contributed by atoms with E-state index in [9.17, 15) is 8.78 Å². The molecular weight excluding hydrogens is 252 g/mol. The minimum Gasteiger partial charge on any atom is -0.390 e. The van der Waals surface area contributed by atoms with Crippen molar-refractivity contribution in [3.8, 4) is 5.69 Å². The molecule has 0 aliphatic carbocycles. The number of benzene rings is 1. The Morgan fingerprint density at radius 3 is 2.76 bits per heavy atom. The molecule has 0 atom stereocenters. The van der Waals surface area contributed by atoms with Gasteiger partial charge in [-0.2, -0.15) is 0 Å². The molecule has 0 unspecified atom stereocenters. The monoisotopic (exact) mass is 259 g/mol. The summed E-state index contributed by atoms with van der Waals surface area (Å²) in [5.41, 5.74) is 0.515. The summed E-state index contributed by atoms with van der Waals surface area (Å²) in [6.45, 7) is -0.255. The van der Waals surface area contributed by atoms with E-state index in [0.717, 1.165) is 0 Å². The lowest BCUT2D eigenvalue weighted by Gasteiger charge is -2.06. The predicted octanol–water partition coefficient (Wildman–Crippen LogP) is 2.35. The topological polar surface area (TPSA) is 50.9 Å². The fraction of sp³-hybridized carbons (Fsp3) is 0.200. The summed E-state index contributed by atoms with van der Waals surface area (Å²) in [5, 5.41) is 16.2. The minimum absolute atomic E-state index is 0.00578. The van der Waals surface area contributed by atoms with E-state index in [1.807, 2.05) is 0 Å². The van der Waals surface area contributed by atoms with Crippen molar-refractivity contribution in [2.45, 2.75) is 13.0 Å². The Morgan fingerprint density at radius 1 is 1.41 bits per heavy atom. The van der Waals surface area contributed by atoms with Crippen LogP contribution in [-0.4, -0.2) is 20.1 Å². The van der Waals surface area contributed by atoms with E-state index >= 15 is 0 Å². The first-order valence-corrected chi connectivity index (χ1v) is 5.09. The molecule has 90 valence electrons. The van der Waals surface area contributed by atoms with Gasteiger partial charge >= 0.3 is 0 Å². The average molecular weight is 260 g/mol. The number of alkyl halides is 2. The van der Waals surface area contributed by atoms with Gasteiger partial charge in [0.25, 0.3) is 6.43 Å². The van der Waals surface area contributed by atoms with Crippen molar-refractivity contribution in [2.75, 3.05) is 0 Å². The summed E-state index contributed by atoms with van der Waals surface area (Å²) in [4.78, 5) is 0. The van der Waals surface area contributed by atoms with Gasteiger partial charge in [0.1, 0.15) is 5.69 Å². The van der Waals surface area contributed by atoms with Crippen LogP contribution in [-0.2, 0) is 6.61 Å². The molecule has 2 aromatic rings. The number of rotatable bonds is 3. The van der Waals surface area contributed by atoms with Crippen LogP contribution in [0.3, 0.4) is 0 Å². The Hall–Kier alpha value is -1.53. The fourth-order valence-corrected chi connectivity index (χ4v) is 1.54. The highest BCUT2D eigenvalue weighted by Crippen LogP contribution is 2.28. The van der Waals surface area contributed by atoms with Gasteiger partial charge in [0.2, 0.25) is 0 Å². The predicted molar refractivity (Wildman–Crippen MR) is 57.2 cm³/mol. The first kappa shape index (κ1) is 11.9. The molecule has 1 heterocycles. The highest BCUT2D eigenvalue weighted by atomic mass is 35.5. The van der Waals surface area contributed by atoms with Gasteiger partial charge in [-0.3, -0.25) is 0 Å². The van der Waals surface area contributed by atoms with Gasteiger partial charge in [-0.1, -0.05) is 16.8 Å². The molecule has 0 amide bonds. The summed E-state index contributed by atoms with van der Waals surface area (Å²) in [6, 6.07) is 4.16. The highest BCUT2D eigenvalue weighted by molar-refractivity contribution is 6.31. The second kappa shape index (κ2) is 4.77. The Morgan fingerprint density at radius 2 is 2.18 bits per heavy atom. The maximum atomic E-state index is 12.6. The molecule has 0 spiro atoms. The van der Waals surface area contributed by atoms with E-state index in [4.69, 9.17) is 16.7 Å². The zero-order chi connectivity index (χ0) is 12.4. The van der Waals surface area contributed by atoms with Crippen LogP contribution in [0.4, 0.5) is 8.78 Å². The second-order valence-corrected chi connectivity index (χ2v) is 3.73. The Kier molecular flexibility index (Phi) is 3.35. The first-order valence-electron chi connectivity index (χ1n) is 4.72. The lowest BCUT2D eigenvalue weighted by molar-refractivity contribution is 0.151. The van der Waals surface area contributed by atoms with E-state index in [2.05, 4.69) is 10.3 Å². The van der Waals surface area contributed by atoms with Gasteiger partial charge in [-0.25, -0.2) is 13.5 Å². The van der Waals surface area contributed by atoms with Crippen LogP contribution in [0, 0.1) is 0 Å². The summed E-state index contributed by atoms with van der Waals surface area (Å²) < 4.78 is 26.5. The van der Waals surface area contributed by atoms with E-state index < -0.39 is 6.43 Å². The van der Waals surface area contributed by atoms with Crippen LogP contribution >= 0.6 is 11.6 Å². The number of hydrogen-bond donors (Lipinski definition) is 1. The lowest BCUT2D eigenvalue weighted by Crippen LogP contribution is -1.97. The van der Waals surface area contributed by atoms with Crippen LogP contribution in [0.2, 0.25) is 5.02 Å². The molecule has 0 bridgehead atoms. The van der Waals surface area contributed by atoms with Gasteiger partial charge < -0.3 is 5.11 Å². The molecule has 4 nitrogen and oxygen atoms in total. The Labute approximate surface area is 100 Å². The van der Waals surface area contributed by atoms with Crippen molar-refractivity contribution in [1.29, 1.82) is 0 Å². The molecule has 1 aromatic heterocycles. The number of hydrogen-bond acceptors (Lipinski definition) is 3. The van der Waals surface area contributed by atoms with Crippen LogP contribution in [0.5, 0.6) is 0 Å². The number of nitrogens with zero attached hydrogens (tertiary/aromatic N) is 3. The first-order chi connectivity index (χ1) is 8.11. The number of aliphatic hydroxyl groups is 1. The van der Waals surface area contributed by atoms with Crippen molar-refractivity contribution in [2.24, 2.45) is 0 Å². The molecule has 0 radical (unpaired) electrons. The molecule has 0 saturated heterocycles. The molecule has 0 aliphatic rings. The Balaban J connectivity index is 2.42. The van der Waals surface area contributed by atoms with E-state index in [-0.39, 0.29) is 17.2 Å². The summed E-state index contributed by atoms with van der Waals surface area (Å²) in [7, 11) is 0. The lowest BCUT2D eigenvalue weighted by atomic mass is 10.2. The number of halogens is 3.